The monoisotopic (exact) mass is 320 g/mol. The first kappa shape index (κ1) is 14.2. The summed E-state index contributed by atoms with van der Waals surface area (Å²) in [6, 6.07) is 13.6. The molecule has 0 saturated heterocycles. The number of hydrogen-bond donors (Lipinski definition) is 0. The molecule has 3 rings (SSSR count). The van der Waals surface area contributed by atoms with E-state index in [9.17, 15) is 0 Å². The van der Waals surface area contributed by atoms with E-state index in [1.165, 1.54) is 0 Å². The lowest BCUT2D eigenvalue weighted by Gasteiger charge is -2.09. The number of fused-ring (bicyclic) bond motifs is 1. The highest BCUT2D eigenvalue weighted by Gasteiger charge is 2.11. The van der Waals surface area contributed by atoms with Gasteiger partial charge in [-0.1, -0.05) is 23.7 Å². The molecule has 108 valence electrons. The summed E-state index contributed by atoms with van der Waals surface area (Å²) in [5.41, 5.74) is 3.05. The van der Waals surface area contributed by atoms with Crippen molar-refractivity contribution < 1.29 is 4.74 Å². The van der Waals surface area contributed by atoms with Gasteiger partial charge in [-0.25, -0.2) is 4.98 Å². The van der Waals surface area contributed by atoms with Gasteiger partial charge in [0.05, 0.1) is 24.0 Å². The second-order valence-electron chi connectivity index (χ2n) is 4.73. The second-order valence-corrected chi connectivity index (χ2v) is 5.43. The molecule has 1 heterocycles. The average Bonchev–Trinajstić information content (AvgIpc) is 2.85. The van der Waals surface area contributed by atoms with Gasteiger partial charge in [-0.15, -0.1) is 11.6 Å². The normalized spacial score (nSPS) is 11.0. The van der Waals surface area contributed by atoms with Crippen molar-refractivity contribution in [3.05, 3.63) is 58.9 Å². The van der Waals surface area contributed by atoms with Gasteiger partial charge in [0.2, 0.25) is 0 Å². The van der Waals surface area contributed by atoms with Gasteiger partial charge in [-0.05, 0) is 35.9 Å². The Kier molecular flexibility index (Phi) is 4.04. The lowest BCUT2D eigenvalue weighted by molar-refractivity contribution is 0.414. The van der Waals surface area contributed by atoms with Crippen molar-refractivity contribution in [2.24, 2.45) is 0 Å². The molecule has 2 aromatic carbocycles. The van der Waals surface area contributed by atoms with E-state index in [2.05, 4.69) is 9.55 Å². The van der Waals surface area contributed by atoms with Crippen molar-refractivity contribution in [1.29, 1.82) is 0 Å². The molecule has 3 nitrogen and oxygen atoms in total. The molecule has 0 radical (unpaired) electrons. The van der Waals surface area contributed by atoms with Crippen LogP contribution in [0, 0.1) is 0 Å². The third-order valence-corrected chi connectivity index (χ3v) is 3.88. The largest absolute Gasteiger partial charge is 0.497 e. The molecule has 5 heteroatoms. The van der Waals surface area contributed by atoms with E-state index < -0.39 is 0 Å². The molecule has 0 aliphatic rings. The van der Waals surface area contributed by atoms with Crippen LogP contribution in [0.1, 0.15) is 11.4 Å². The zero-order chi connectivity index (χ0) is 14.8. The number of benzene rings is 2. The smallest absolute Gasteiger partial charge is 0.125 e. The topological polar surface area (TPSA) is 27.1 Å². The number of ether oxygens (including phenoxy) is 1. The maximum atomic E-state index is 6.10. The van der Waals surface area contributed by atoms with Gasteiger partial charge in [0.15, 0.2) is 0 Å². The number of rotatable bonds is 4. The van der Waals surface area contributed by atoms with E-state index in [0.717, 1.165) is 28.2 Å². The molecule has 0 aliphatic heterocycles. The van der Waals surface area contributed by atoms with Gasteiger partial charge in [-0.2, -0.15) is 0 Å². The highest BCUT2D eigenvalue weighted by Crippen LogP contribution is 2.23. The Morgan fingerprint density at radius 3 is 2.57 bits per heavy atom. The van der Waals surface area contributed by atoms with Crippen LogP contribution < -0.4 is 4.74 Å². The van der Waals surface area contributed by atoms with Crippen LogP contribution >= 0.6 is 23.2 Å². The van der Waals surface area contributed by atoms with Crippen LogP contribution in [0.2, 0.25) is 5.02 Å². The zero-order valence-electron chi connectivity index (χ0n) is 11.5. The Hall–Kier alpha value is -1.71. The number of nitrogens with zero attached hydrogens (tertiary/aromatic N) is 2. The highest BCUT2D eigenvalue weighted by atomic mass is 35.5. The lowest BCUT2D eigenvalue weighted by Crippen LogP contribution is -2.03. The third-order valence-electron chi connectivity index (χ3n) is 3.41. The molecule has 0 aliphatic carbocycles. The molecule has 0 unspecified atom stereocenters. The Morgan fingerprint density at radius 1 is 1.14 bits per heavy atom. The lowest BCUT2D eigenvalue weighted by atomic mass is 10.2. The quantitative estimate of drug-likeness (QED) is 0.662. The number of imidazole rings is 1. The molecule has 0 atom stereocenters. The van der Waals surface area contributed by atoms with Gasteiger partial charge < -0.3 is 9.30 Å². The zero-order valence-corrected chi connectivity index (χ0v) is 13.0. The number of halogens is 2. The van der Waals surface area contributed by atoms with Gasteiger partial charge in [0.25, 0.3) is 0 Å². The van der Waals surface area contributed by atoms with E-state index >= 15 is 0 Å². The van der Waals surface area contributed by atoms with E-state index in [1.807, 2.05) is 42.5 Å². The summed E-state index contributed by atoms with van der Waals surface area (Å²) in [5.74, 6) is 2.04. The van der Waals surface area contributed by atoms with E-state index in [0.29, 0.717) is 17.4 Å². The van der Waals surface area contributed by atoms with Crippen LogP contribution in [0.15, 0.2) is 42.5 Å². The first-order valence-electron chi connectivity index (χ1n) is 6.55. The first-order valence-corrected chi connectivity index (χ1v) is 7.46. The van der Waals surface area contributed by atoms with Crippen LogP contribution in [-0.2, 0) is 12.4 Å². The van der Waals surface area contributed by atoms with Crippen molar-refractivity contribution in [1.82, 2.24) is 9.55 Å². The number of methoxy groups -OCH3 is 1. The molecule has 3 aromatic rings. The van der Waals surface area contributed by atoms with Crippen molar-refractivity contribution in [2.75, 3.05) is 7.11 Å². The maximum absolute atomic E-state index is 6.10. The minimum atomic E-state index is 0.364. The fraction of sp³-hybridized carbons (Fsp3) is 0.188. The molecule has 0 spiro atoms. The summed E-state index contributed by atoms with van der Waals surface area (Å²) in [6.07, 6.45) is 0. The Labute approximate surface area is 133 Å². The van der Waals surface area contributed by atoms with Crippen LogP contribution in [-0.4, -0.2) is 16.7 Å². The third kappa shape index (κ3) is 2.85. The van der Waals surface area contributed by atoms with Crippen molar-refractivity contribution >= 4 is 34.2 Å². The average molecular weight is 321 g/mol. The molecule has 0 fully saturated rings. The molecule has 0 bridgehead atoms. The van der Waals surface area contributed by atoms with E-state index in [1.54, 1.807) is 7.11 Å². The minimum absolute atomic E-state index is 0.364. The van der Waals surface area contributed by atoms with E-state index in [-0.39, 0.29) is 0 Å². The molecule has 1 aromatic heterocycles. The van der Waals surface area contributed by atoms with Gasteiger partial charge in [0, 0.05) is 11.6 Å². The molecule has 21 heavy (non-hydrogen) atoms. The summed E-state index contributed by atoms with van der Waals surface area (Å²) >= 11 is 12.1. The fourth-order valence-corrected chi connectivity index (χ4v) is 2.71. The van der Waals surface area contributed by atoms with Crippen molar-refractivity contribution in [2.45, 2.75) is 12.4 Å². The summed E-state index contributed by atoms with van der Waals surface area (Å²) < 4.78 is 7.27. The molecule has 0 saturated carbocycles. The van der Waals surface area contributed by atoms with Crippen LogP contribution in [0.25, 0.3) is 11.0 Å². The standard InChI is InChI=1S/C16H14Cl2N2O/c1-21-13-5-2-11(3-6-13)10-20-15-8-12(18)4-7-14(15)19-16(20)9-17/h2-8H,9-10H2,1H3. The Morgan fingerprint density at radius 2 is 1.90 bits per heavy atom. The summed E-state index contributed by atoms with van der Waals surface area (Å²) in [4.78, 5) is 4.55. The minimum Gasteiger partial charge on any atom is -0.497 e. The Bertz CT molecular complexity index is 766. The second kappa shape index (κ2) is 5.96. The maximum Gasteiger partial charge on any atom is 0.125 e. The van der Waals surface area contributed by atoms with Gasteiger partial charge >= 0.3 is 0 Å². The molecule has 0 N–H and O–H groups in total. The van der Waals surface area contributed by atoms with Crippen LogP contribution in [0.4, 0.5) is 0 Å². The van der Waals surface area contributed by atoms with Crippen LogP contribution in [0.3, 0.4) is 0 Å². The van der Waals surface area contributed by atoms with E-state index in [4.69, 9.17) is 27.9 Å². The fourth-order valence-electron chi connectivity index (χ4n) is 2.34. The SMILES string of the molecule is COc1ccc(Cn2c(CCl)nc3ccc(Cl)cc32)cc1. The summed E-state index contributed by atoms with van der Waals surface area (Å²) in [5, 5.41) is 0.694. The number of hydrogen-bond acceptors (Lipinski definition) is 2. The number of alkyl halides is 1. The van der Waals surface area contributed by atoms with Gasteiger partial charge in [0.1, 0.15) is 11.6 Å². The molecule has 0 amide bonds. The van der Waals surface area contributed by atoms with Gasteiger partial charge in [-0.3, -0.25) is 0 Å². The predicted octanol–water partition coefficient (Wildman–Crippen LogP) is 4.49. The van der Waals surface area contributed by atoms with Crippen molar-refractivity contribution in [3.8, 4) is 5.75 Å². The summed E-state index contributed by atoms with van der Waals surface area (Å²) in [7, 11) is 1.66. The highest BCUT2D eigenvalue weighted by molar-refractivity contribution is 6.31. The van der Waals surface area contributed by atoms with Crippen molar-refractivity contribution in [3.63, 3.8) is 0 Å². The number of aromatic nitrogens is 2. The molecular formula is C16H14Cl2N2O. The summed E-state index contributed by atoms with van der Waals surface area (Å²) in [6.45, 7) is 0.697. The predicted molar refractivity (Wildman–Crippen MR) is 86.4 cm³/mol. The molecular weight excluding hydrogens is 307 g/mol. The first-order chi connectivity index (χ1) is 10.2. The Balaban J connectivity index is 2.03. The van der Waals surface area contributed by atoms with Crippen LogP contribution in [0.5, 0.6) is 5.75 Å².